The van der Waals surface area contributed by atoms with Gasteiger partial charge in [-0.25, -0.2) is 0 Å². The highest BCUT2D eigenvalue weighted by Crippen LogP contribution is 2.39. The van der Waals surface area contributed by atoms with E-state index in [0.29, 0.717) is 5.57 Å². The van der Waals surface area contributed by atoms with E-state index in [2.05, 4.69) is 0 Å². The number of ether oxygens (including phenoxy) is 1. The molecule has 0 aromatic rings. The third-order valence-electron chi connectivity index (χ3n) is 2.33. The van der Waals surface area contributed by atoms with E-state index in [-0.39, 0.29) is 16.9 Å². The van der Waals surface area contributed by atoms with E-state index in [1.54, 1.807) is 32.1 Å². The number of nitrogens with zero attached hydrogens (tertiary/aromatic N) is 3. The molecule has 81 valence electrons. The van der Waals surface area contributed by atoms with Crippen LogP contribution < -0.4 is 0 Å². The van der Waals surface area contributed by atoms with Gasteiger partial charge in [-0.3, -0.25) is 0 Å². The van der Waals surface area contributed by atoms with Crippen molar-refractivity contribution in [3.05, 3.63) is 34.5 Å². The summed E-state index contributed by atoms with van der Waals surface area (Å²) in [6.45, 7) is 3.46. The molecule has 4 nitrogen and oxygen atoms in total. The molecule has 1 heterocycles. The van der Waals surface area contributed by atoms with Crippen LogP contribution in [-0.2, 0) is 4.74 Å². The molecule has 0 aromatic heterocycles. The predicted molar refractivity (Wildman–Crippen MR) is 62.3 cm³/mol. The van der Waals surface area contributed by atoms with Crippen LogP contribution in [0.15, 0.2) is 34.5 Å². The smallest absolute Gasteiger partial charge is 0.172 e. The summed E-state index contributed by atoms with van der Waals surface area (Å²) in [4.78, 5) is 0. The molecule has 0 bridgehead atoms. The highest BCUT2D eigenvalue weighted by atomic mass is 16.5. The first-order chi connectivity index (χ1) is 8.51. The monoisotopic (exact) mass is 223 g/mol. The second kappa shape index (κ2) is 4.60. The lowest BCUT2D eigenvalue weighted by Gasteiger charge is -2.20. The summed E-state index contributed by atoms with van der Waals surface area (Å²) in [6, 6.07) is 5.37. The van der Waals surface area contributed by atoms with Gasteiger partial charge in [-0.05, 0) is 15.2 Å². The van der Waals surface area contributed by atoms with Crippen molar-refractivity contribution in [3.63, 3.8) is 0 Å². The molecule has 0 fully saturated rings. The molecule has 0 spiro atoms. The van der Waals surface area contributed by atoms with Gasteiger partial charge in [0.25, 0.3) is 0 Å². The van der Waals surface area contributed by atoms with Gasteiger partial charge in [0, 0.05) is 5.57 Å². The fourth-order valence-electron chi connectivity index (χ4n) is 1.58. The number of hydrogen-bond donors (Lipinski definition) is 0. The van der Waals surface area contributed by atoms with Crippen LogP contribution in [-0.4, -0.2) is 14.7 Å². The zero-order chi connectivity index (χ0) is 13.8. The van der Waals surface area contributed by atoms with Crippen LogP contribution in [0.1, 0.15) is 13.8 Å². The molecule has 5 heteroatoms. The summed E-state index contributed by atoms with van der Waals surface area (Å²) in [5.74, 6) is 1.47. The van der Waals surface area contributed by atoms with Crippen molar-refractivity contribution in [1.82, 2.24) is 0 Å². The Hall–Kier alpha value is -2.45. The third-order valence-corrected chi connectivity index (χ3v) is 2.33. The second-order valence-electron chi connectivity index (χ2n) is 3.80. The molecular formula is C12H9BN3O. The minimum absolute atomic E-state index is 0.0112. The highest BCUT2D eigenvalue weighted by molar-refractivity contribution is 6.17. The predicted octanol–water partition coefficient (Wildman–Crippen LogP) is 1.33. The lowest BCUT2D eigenvalue weighted by atomic mass is 9.93. The summed E-state index contributed by atoms with van der Waals surface area (Å²) in [7, 11) is 1.08. The first-order valence-electron chi connectivity index (χ1n) is 5.36. The van der Waals surface area contributed by atoms with Crippen molar-refractivity contribution in [2.45, 2.75) is 19.4 Å². The van der Waals surface area contributed by atoms with E-state index in [1.165, 1.54) is 5.98 Å². The maximum Gasteiger partial charge on any atom is 0.172 e. The molecule has 1 aliphatic rings. The Kier molecular flexibility index (Phi) is 2.99. The van der Waals surface area contributed by atoms with Crippen molar-refractivity contribution >= 4 is 7.81 Å². The van der Waals surface area contributed by atoms with Crippen LogP contribution in [0.2, 0.25) is 0 Å². The molecule has 0 N–H and O–H groups in total. The Morgan fingerprint density at radius 2 is 2.06 bits per heavy atom. The van der Waals surface area contributed by atoms with E-state index in [4.69, 9.17) is 21.9 Å². The lowest BCUT2D eigenvalue weighted by Crippen LogP contribution is -2.20. The maximum atomic E-state index is 9.15. The molecule has 1 radical (unpaired) electrons. The van der Waals surface area contributed by atoms with Crippen LogP contribution in [0.3, 0.4) is 0 Å². The normalized spacial score (nSPS) is 17.8. The fraction of sp³-hybridized carbons (Fsp3) is 0.250. The molecule has 0 amide bonds. The van der Waals surface area contributed by atoms with Crippen molar-refractivity contribution in [2.75, 3.05) is 0 Å². The Labute approximate surface area is 102 Å². The quantitative estimate of drug-likeness (QED) is 0.522. The van der Waals surface area contributed by atoms with Gasteiger partial charge in [0.15, 0.2) is 11.3 Å². The molecule has 1 aliphatic heterocycles. The summed E-state index contributed by atoms with van der Waals surface area (Å²) in [5.41, 5.74) is -0.320. The van der Waals surface area contributed by atoms with Gasteiger partial charge in [0.1, 0.15) is 37.2 Å². The Morgan fingerprint density at radius 3 is 2.53 bits per heavy atom. The van der Waals surface area contributed by atoms with Crippen molar-refractivity contribution in [1.29, 1.82) is 17.1 Å². The van der Waals surface area contributed by atoms with Gasteiger partial charge >= 0.3 is 0 Å². The van der Waals surface area contributed by atoms with Crippen LogP contribution >= 0.6 is 0 Å². The van der Waals surface area contributed by atoms with Crippen LogP contribution in [0, 0.1) is 34.0 Å². The van der Waals surface area contributed by atoms with Crippen molar-refractivity contribution in [2.24, 2.45) is 0 Å². The van der Waals surface area contributed by atoms with Gasteiger partial charge in [0.05, 0.1) is 0 Å². The minimum Gasteiger partial charge on any atom is -0.480 e. The Balaban J connectivity index is 3.51. The lowest BCUT2D eigenvalue weighted by molar-refractivity contribution is 0.0954. The number of allylic oxidation sites excluding steroid dienone is 2. The molecule has 0 saturated carbocycles. The van der Waals surface area contributed by atoms with Gasteiger partial charge in [-0.2, -0.15) is 15.8 Å². The van der Waals surface area contributed by atoms with Crippen molar-refractivity contribution in [3.8, 4) is 18.2 Å². The number of nitriles is 3. The zero-order valence-corrected chi connectivity index (χ0v) is 9.48. The maximum absolute atomic E-state index is 9.15. The topological polar surface area (TPSA) is 80.6 Å². The SMILES string of the molecule is [2H][B]/C=C/C1=C(C#N)C(=C(C#N)C#N)OC1(C)C. The zero-order valence-electron chi connectivity index (χ0n) is 10.5. The van der Waals surface area contributed by atoms with E-state index in [9.17, 15) is 0 Å². The molecule has 0 aromatic carbocycles. The average Bonchev–Trinajstić information content (AvgIpc) is 2.59. The van der Waals surface area contributed by atoms with E-state index in [1.807, 2.05) is 6.07 Å². The van der Waals surface area contributed by atoms with Crippen LogP contribution in [0.5, 0.6) is 0 Å². The van der Waals surface area contributed by atoms with Crippen molar-refractivity contribution < 1.29 is 4.74 Å². The van der Waals surface area contributed by atoms with Gasteiger partial charge in [0.2, 0.25) is 0 Å². The van der Waals surface area contributed by atoms with E-state index >= 15 is 0 Å². The third kappa shape index (κ3) is 2.07. The largest absolute Gasteiger partial charge is 0.480 e. The molecule has 0 atom stereocenters. The molecule has 0 saturated heterocycles. The standard InChI is InChI=1S/C12H9BN3O/c1-12(2)10(3-4-13)9(7-16)11(17-12)8(5-14)6-15/h3-4,13H,1-2H3/b4-3+/i13D. The fourth-order valence-corrected chi connectivity index (χ4v) is 1.58. The molecule has 17 heavy (non-hydrogen) atoms. The van der Waals surface area contributed by atoms with Gasteiger partial charge < -0.3 is 4.74 Å². The highest BCUT2D eigenvalue weighted by Gasteiger charge is 2.38. The summed E-state index contributed by atoms with van der Waals surface area (Å²) < 4.78 is 12.5. The first kappa shape index (κ1) is 11.1. The summed E-state index contributed by atoms with van der Waals surface area (Å²) in [5, 5.41) is 26.8. The van der Waals surface area contributed by atoms with Crippen LogP contribution in [0.25, 0.3) is 0 Å². The number of hydrogen-bond acceptors (Lipinski definition) is 4. The second-order valence-corrected chi connectivity index (χ2v) is 3.80. The summed E-state index contributed by atoms with van der Waals surface area (Å²) in [6.07, 6.45) is 1.57. The molecular weight excluding hydrogens is 213 g/mol. The Bertz CT molecular complexity index is 566. The first-order valence-corrected chi connectivity index (χ1v) is 4.78. The number of rotatable bonds is 2. The van der Waals surface area contributed by atoms with Gasteiger partial charge in [-0.1, -0.05) is 6.08 Å². The molecule has 1 rings (SSSR count). The van der Waals surface area contributed by atoms with E-state index < -0.39 is 5.60 Å². The van der Waals surface area contributed by atoms with Crippen LogP contribution in [0.4, 0.5) is 0 Å². The molecule has 0 unspecified atom stereocenters. The molecule has 0 aliphatic carbocycles. The minimum atomic E-state index is -0.807. The average molecular weight is 223 g/mol. The Morgan fingerprint density at radius 1 is 1.41 bits per heavy atom. The van der Waals surface area contributed by atoms with Gasteiger partial charge in [-0.15, -0.1) is 5.98 Å². The summed E-state index contributed by atoms with van der Waals surface area (Å²) >= 11 is 0. The van der Waals surface area contributed by atoms with E-state index in [0.717, 1.165) is 7.81 Å².